The molecular weight excluding hydrogens is 449 g/mol. The SMILES string of the molecule is CSCCC(NS(=O)(=O)c1ccccc1F)C(=O)N1CCCC(CN2CCC(C)CC2)C1. The largest absolute Gasteiger partial charge is 0.341 e. The maximum Gasteiger partial charge on any atom is 0.244 e. The number of hydrogen-bond donors (Lipinski definition) is 1. The average molecular weight is 486 g/mol. The molecule has 0 bridgehead atoms. The normalized spacial score (nSPS) is 22.1. The molecule has 1 aromatic rings. The summed E-state index contributed by atoms with van der Waals surface area (Å²) >= 11 is 1.56. The zero-order valence-electron chi connectivity index (χ0n) is 19.1. The van der Waals surface area contributed by atoms with E-state index in [0.29, 0.717) is 31.2 Å². The Morgan fingerprint density at radius 2 is 1.94 bits per heavy atom. The highest BCUT2D eigenvalue weighted by Gasteiger charge is 2.33. The number of carbonyl (C=O) groups is 1. The molecule has 0 radical (unpaired) electrons. The minimum absolute atomic E-state index is 0.198. The van der Waals surface area contributed by atoms with Gasteiger partial charge in [0.25, 0.3) is 0 Å². The summed E-state index contributed by atoms with van der Waals surface area (Å²) in [6.45, 7) is 6.82. The van der Waals surface area contributed by atoms with E-state index in [0.717, 1.165) is 44.5 Å². The van der Waals surface area contributed by atoms with Gasteiger partial charge >= 0.3 is 0 Å². The molecule has 9 heteroatoms. The van der Waals surface area contributed by atoms with Gasteiger partial charge in [-0.3, -0.25) is 4.79 Å². The number of rotatable bonds is 9. The van der Waals surface area contributed by atoms with Gasteiger partial charge in [0, 0.05) is 19.6 Å². The van der Waals surface area contributed by atoms with Crippen LogP contribution in [0.3, 0.4) is 0 Å². The van der Waals surface area contributed by atoms with Crippen molar-refractivity contribution in [2.24, 2.45) is 11.8 Å². The van der Waals surface area contributed by atoms with Crippen LogP contribution in [0.4, 0.5) is 4.39 Å². The van der Waals surface area contributed by atoms with E-state index in [1.54, 1.807) is 11.8 Å². The van der Waals surface area contributed by atoms with Crippen LogP contribution >= 0.6 is 11.8 Å². The minimum atomic E-state index is -4.14. The Hall–Kier alpha value is -1.16. The van der Waals surface area contributed by atoms with Gasteiger partial charge in [-0.15, -0.1) is 0 Å². The third-order valence-electron chi connectivity index (χ3n) is 6.56. The molecule has 2 unspecified atom stereocenters. The Balaban J connectivity index is 1.66. The molecule has 2 atom stereocenters. The van der Waals surface area contributed by atoms with Crippen molar-refractivity contribution in [3.8, 4) is 0 Å². The van der Waals surface area contributed by atoms with Gasteiger partial charge < -0.3 is 9.80 Å². The summed E-state index contributed by atoms with van der Waals surface area (Å²) in [5.74, 6) is 0.820. The molecule has 1 amide bonds. The highest BCUT2D eigenvalue weighted by molar-refractivity contribution is 7.98. The lowest BCUT2D eigenvalue weighted by Crippen LogP contribution is -2.52. The fourth-order valence-corrected chi connectivity index (χ4v) is 6.40. The Morgan fingerprint density at radius 3 is 2.62 bits per heavy atom. The molecule has 2 heterocycles. The molecular formula is C23H36FN3O3S2. The van der Waals surface area contributed by atoms with Gasteiger partial charge in [-0.1, -0.05) is 19.1 Å². The summed E-state index contributed by atoms with van der Waals surface area (Å²) in [7, 11) is -4.14. The van der Waals surface area contributed by atoms with Crippen LogP contribution in [0.2, 0.25) is 0 Å². The van der Waals surface area contributed by atoms with E-state index in [-0.39, 0.29) is 5.91 Å². The molecule has 0 aromatic heterocycles. The highest BCUT2D eigenvalue weighted by atomic mass is 32.2. The fourth-order valence-electron chi connectivity index (χ4n) is 4.63. The Kier molecular flexibility index (Phi) is 9.40. The summed E-state index contributed by atoms with van der Waals surface area (Å²) in [6.07, 6.45) is 6.76. The third kappa shape index (κ3) is 6.92. The molecule has 32 heavy (non-hydrogen) atoms. The minimum Gasteiger partial charge on any atom is -0.341 e. The van der Waals surface area contributed by atoms with Crippen molar-refractivity contribution in [1.29, 1.82) is 0 Å². The monoisotopic (exact) mass is 485 g/mol. The van der Waals surface area contributed by atoms with E-state index >= 15 is 0 Å². The van der Waals surface area contributed by atoms with E-state index in [1.165, 1.54) is 31.0 Å². The maximum absolute atomic E-state index is 14.1. The molecule has 1 N–H and O–H groups in total. The van der Waals surface area contributed by atoms with Gasteiger partial charge in [-0.25, -0.2) is 12.8 Å². The molecule has 0 saturated carbocycles. The molecule has 2 aliphatic heterocycles. The molecule has 180 valence electrons. The van der Waals surface area contributed by atoms with Gasteiger partial charge in [0.05, 0.1) is 0 Å². The van der Waals surface area contributed by atoms with Crippen molar-refractivity contribution in [1.82, 2.24) is 14.5 Å². The number of piperidine rings is 2. The van der Waals surface area contributed by atoms with E-state index in [2.05, 4.69) is 16.5 Å². The van der Waals surface area contributed by atoms with Gasteiger partial charge in [0.2, 0.25) is 15.9 Å². The molecule has 6 nitrogen and oxygen atoms in total. The zero-order chi connectivity index (χ0) is 23.1. The van der Waals surface area contributed by atoms with Gasteiger partial charge in [-0.05, 0) is 81.2 Å². The number of carbonyl (C=O) groups excluding carboxylic acids is 1. The topological polar surface area (TPSA) is 69.7 Å². The molecule has 1 aromatic carbocycles. The number of hydrogen-bond acceptors (Lipinski definition) is 5. The molecule has 0 aliphatic carbocycles. The van der Waals surface area contributed by atoms with Crippen molar-refractivity contribution in [3.63, 3.8) is 0 Å². The predicted molar refractivity (Wildman–Crippen MR) is 128 cm³/mol. The second-order valence-corrected chi connectivity index (χ2v) is 11.8. The lowest BCUT2D eigenvalue weighted by molar-refractivity contribution is -0.135. The number of sulfonamides is 1. The van der Waals surface area contributed by atoms with Gasteiger partial charge in [-0.2, -0.15) is 16.5 Å². The summed E-state index contributed by atoms with van der Waals surface area (Å²) < 4.78 is 42.3. The molecule has 2 aliphatic rings. The quantitative estimate of drug-likeness (QED) is 0.582. The Bertz CT molecular complexity index is 860. The second kappa shape index (κ2) is 11.8. The lowest BCUT2D eigenvalue weighted by atomic mass is 9.94. The number of amides is 1. The zero-order valence-corrected chi connectivity index (χ0v) is 20.8. The highest BCUT2D eigenvalue weighted by Crippen LogP contribution is 2.23. The number of nitrogens with zero attached hydrogens (tertiary/aromatic N) is 2. The van der Waals surface area contributed by atoms with Crippen LogP contribution in [0.1, 0.15) is 39.0 Å². The summed E-state index contributed by atoms with van der Waals surface area (Å²) in [6, 6.07) is 4.38. The first-order valence-electron chi connectivity index (χ1n) is 11.6. The van der Waals surface area contributed by atoms with Crippen molar-refractivity contribution in [2.75, 3.05) is 44.7 Å². The number of benzene rings is 1. The average Bonchev–Trinajstić information content (AvgIpc) is 2.78. The molecule has 2 fully saturated rings. The van der Waals surface area contributed by atoms with Crippen molar-refractivity contribution >= 4 is 27.7 Å². The van der Waals surface area contributed by atoms with Gasteiger partial charge in [0.1, 0.15) is 16.8 Å². The van der Waals surface area contributed by atoms with Crippen molar-refractivity contribution < 1.29 is 17.6 Å². The van der Waals surface area contributed by atoms with Crippen LogP contribution in [0.25, 0.3) is 0 Å². The fraction of sp³-hybridized carbons (Fsp3) is 0.696. The first-order valence-corrected chi connectivity index (χ1v) is 14.4. The first kappa shape index (κ1) is 25.5. The standard InChI is InChI=1S/C23H36FN3O3S2/c1-18-9-13-26(14-10-18)16-19-6-5-12-27(17-19)23(28)21(11-15-31-2)25-32(29,30)22-8-4-3-7-20(22)24/h3-4,7-8,18-19,21,25H,5-6,9-17H2,1-2H3. The van der Waals surface area contributed by atoms with Crippen molar-refractivity contribution in [2.45, 2.75) is 50.0 Å². The predicted octanol–water partition coefficient (Wildman–Crippen LogP) is 3.20. The maximum atomic E-state index is 14.1. The summed E-state index contributed by atoms with van der Waals surface area (Å²) in [5.41, 5.74) is 0. The number of halogens is 1. The van der Waals surface area contributed by atoms with E-state index in [1.807, 2.05) is 11.2 Å². The van der Waals surface area contributed by atoms with Crippen LogP contribution in [0, 0.1) is 17.7 Å². The summed E-state index contributed by atoms with van der Waals surface area (Å²) in [4.78, 5) is 17.3. The number of nitrogens with one attached hydrogen (secondary N) is 1. The first-order chi connectivity index (χ1) is 15.3. The number of likely N-dealkylation sites (tertiary alicyclic amines) is 2. The van der Waals surface area contributed by atoms with Crippen molar-refractivity contribution in [3.05, 3.63) is 30.1 Å². The van der Waals surface area contributed by atoms with E-state index in [9.17, 15) is 17.6 Å². The van der Waals surface area contributed by atoms with Crippen LogP contribution in [0.15, 0.2) is 29.2 Å². The lowest BCUT2D eigenvalue weighted by Gasteiger charge is -2.39. The van der Waals surface area contributed by atoms with Crippen LogP contribution in [0.5, 0.6) is 0 Å². The van der Waals surface area contributed by atoms with E-state index < -0.39 is 26.8 Å². The Morgan fingerprint density at radius 1 is 1.22 bits per heavy atom. The number of thioether (sulfide) groups is 1. The molecule has 2 saturated heterocycles. The van der Waals surface area contributed by atoms with Gasteiger partial charge in [0.15, 0.2) is 0 Å². The molecule has 0 spiro atoms. The Labute approximate surface area is 196 Å². The summed E-state index contributed by atoms with van der Waals surface area (Å²) in [5, 5.41) is 0. The third-order valence-corrected chi connectivity index (χ3v) is 8.70. The smallest absolute Gasteiger partial charge is 0.244 e. The van der Waals surface area contributed by atoms with E-state index in [4.69, 9.17) is 0 Å². The van der Waals surface area contributed by atoms with Crippen LogP contribution < -0.4 is 4.72 Å². The molecule has 3 rings (SSSR count). The van der Waals surface area contributed by atoms with Crippen LogP contribution in [-0.4, -0.2) is 74.9 Å². The second-order valence-electron chi connectivity index (χ2n) is 9.16. The van der Waals surface area contributed by atoms with Crippen LogP contribution in [-0.2, 0) is 14.8 Å².